The van der Waals surface area contributed by atoms with Crippen LogP contribution in [0.5, 0.6) is 0 Å². The Balaban J connectivity index is 2.20. The van der Waals surface area contributed by atoms with E-state index in [1.54, 1.807) is 24.3 Å². The van der Waals surface area contributed by atoms with Crippen molar-refractivity contribution in [2.75, 3.05) is 19.6 Å². The van der Waals surface area contributed by atoms with Crippen molar-refractivity contribution in [3.8, 4) is 6.07 Å². The SMILES string of the molecule is CCN(C(=O)c1cccc(C#N)c1)C1CCNC1. The lowest BCUT2D eigenvalue weighted by atomic mass is 10.1. The summed E-state index contributed by atoms with van der Waals surface area (Å²) in [5, 5.41) is 12.1. The molecule has 0 aliphatic carbocycles. The van der Waals surface area contributed by atoms with Crippen LogP contribution in [0.4, 0.5) is 0 Å². The number of nitriles is 1. The molecule has 0 spiro atoms. The van der Waals surface area contributed by atoms with Gasteiger partial charge in [-0.2, -0.15) is 5.26 Å². The Kier molecular flexibility index (Phi) is 3.96. The van der Waals surface area contributed by atoms with Crippen LogP contribution in [-0.4, -0.2) is 36.5 Å². The van der Waals surface area contributed by atoms with Crippen LogP contribution in [0.2, 0.25) is 0 Å². The minimum Gasteiger partial charge on any atom is -0.335 e. The maximum Gasteiger partial charge on any atom is 0.254 e. The van der Waals surface area contributed by atoms with E-state index in [9.17, 15) is 4.79 Å². The molecule has 94 valence electrons. The topological polar surface area (TPSA) is 56.1 Å². The zero-order chi connectivity index (χ0) is 13.0. The molecule has 2 rings (SSSR count). The Hall–Kier alpha value is -1.86. The molecule has 1 aromatic carbocycles. The Morgan fingerprint density at radius 1 is 1.61 bits per heavy atom. The van der Waals surface area contributed by atoms with Gasteiger partial charge in [-0.3, -0.25) is 4.79 Å². The van der Waals surface area contributed by atoms with Gasteiger partial charge in [0.1, 0.15) is 0 Å². The van der Waals surface area contributed by atoms with Crippen LogP contribution in [-0.2, 0) is 0 Å². The van der Waals surface area contributed by atoms with E-state index in [1.807, 2.05) is 11.8 Å². The van der Waals surface area contributed by atoms with Crippen LogP contribution in [0, 0.1) is 11.3 Å². The molecule has 1 unspecified atom stereocenters. The van der Waals surface area contributed by atoms with E-state index in [2.05, 4.69) is 11.4 Å². The fourth-order valence-corrected chi connectivity index (χ4v) is 2.36. The first-order valence-electron chi connectivity index (χ1n) is 6.28. The van der Waals surface area contributed by atoms with Gasteiger partial charge >= 0.3 is 0 Å². The lowest BCUT2D eigenvalue weighted by Crippen LogP contribution is -2.41. The van der Waals surface area contributed by atoms with Gasteiger partial charge in [0.25, 0.3) is 5.91 Å². The first-order chi connectivity index (χ1) is 8.76. The van der Waals surface area contributed by atoms with Crippen molar-refractivity contribution in [1.82, 2.24) is 10.2 Å². The first-order valence-corrected chi connectivity index (χ1v) is 6.28. The van der Waals surface area contributed by atoms with Gasteiger partial charge in [0.05, 0.1) is 11.6 Å². The zero-order valence-electron chi connectivity index (χ0n) is 10.5. The molecule has 1 aliphatic rings. The third-order valence-electron chi connectivity index (χ3n) is 3.32. The predicted molar refractivity (Wildman–Crippen MR) is 69.1 cm³/mol. The molecule has 1 N–H and O–H groups in total. The number of likely N-dealkylation sites (N-methyl/N-ethyl adjacent to an activating group) is 1. The molecular weight excluding hydrogens is 226 g/mol. The summed E-state index contributed by atoms with van der Waals surface area (Å²) in [7, 11) is 0. The van der Waals surface area contributed by atoms with Crippen molar-refractivity contribution in [2.24, 2.45) is 0 Å². The summed E-state index contributed by atoms with van der Waals surface area (Å²) in [5.41, 5.74) is 1.13. The second kappa shape index (κ2) is 5.65. The molecule has 1 aliphatic heterocycles. The Labute approximate surface area is 107 Å². The van der Waals surface area contributed by atoms with E-state index < -0.39 is 0 Å². The van der Waals surface area contributed by atoms with Crippen molar-refractivity contribution >= 4 is 5.91 Å². The molecule has 4 heteroatoms. The molecule has 1 fully saturated rings. The maximum absolute atomic E-state index is 12.4. The van der Waals surface area contributed by atoms with Crippen molar-refractivity contribution in [1.29, 1.82) is 5.26 Å². The van der Waals surface area contributed by atoms with Crippen LogP contribution in [0.15, 0.2) is 24.3 Å². The van der Waals surface area contributed by atoms with Crippen LogP contribution < -0.4 is 5.32 Å². The highest BCUT2D eigenvalue weighted by Crippen LogP contribution is 2.14. The average molecular weight is 243 g/mol. The molecule has 0 saturated carbocycles. The Morgan fingerprint density at radius 3 is 3.06 bits per heavy atom. The van der Waals surface area contributed by atoms with Crippen LogP contribution in [0.1, 0.15) is 29.3 Å². The molecule has 1 amide bonds. The fraction of sp³-hybridized carbons (Fsp3) is 0.429. The summed E-state index contributed by atoms with van der Waals surface area (Å²) in [6, 6.07) is 9.24. The lowest BCUT2D eigenvalue weighted by molar-refractivity contribution is 0.0703. The third-order valence-corrected chi connectivity index (χ3v) is 3.32. The van der Waals surface area contributed by atoms with Gasteiger partial charge in [0.2, 0.25) is 0 Å². The van der Waals surface area contributed by atoms with Crippen LogP contribution in [0.25, 0.3) is 0 Å². The largest absolute Gasteiger partial charge is 0.335 e. The molecule has 1 atom stereocenters. The molecular formula is C14H17N3O. The lowest BCUT2D eigenvalue weighted by Gasteiger charge is -2.27. The second-order valence-corrected chi connectivity index (χ2v) is 4.43. The minimum atomic E-state index is 0.0169. The number of rotatable bonds is 3. The molecule has 1 saturated heterocycles. The summed E-state index contributed by atoms with van der Waals surface area (Å²) >= 11 is 0. The third kappa shape index (κ3) is 2.52. The number of nitrogens with one attached hydrogen (secondary N) is 1. The normalized spacial score (nSPS) is 18.3. The van der Waals surface area contributed by atoms with Gasteiger partial charge in [0, 0.05) is 24.7 Å². The van der Waals surface area contributed by atoms with E-state index in [0.29, 0.717) is 17.7 Å². The number of hydrogen-bond acceptors (Lipinski definition) is 3. The standard InChI is InChI=1S/C14H17N3O/c1-2-17(13-6-7-16-10-13)14(18)12-5-3-4-11(8-12)9-15/h3-5,8,13,16H,2,6-7,10H2,1H3. The van der Waals surface area contributed by atoms with Crippen molar-refractivity contribution < 1.29 is 4.79 Å². The van der Waals surface area contributed by atoms with Crippen molar-refractivity contribution in [3.05, 3.63) is 35.4 Å². The number of carbonyl (C=O) groups is 1. The van der Waals surface area contributed by atoms with E-state index in [1.165, 1.54) is 0 Å². The molecule has 4 nitrogen and oxygen atoms in total. The van der Waals surface area contributed by atoms with Crippen LogP contribution >= 0.6 is 0 Å². The zero-order valence-corrected chi connectivity index (χ0v) is 10.5. The number of nitrogens with zero attached hydrogens (tertiary/aromatic N) is 2. The number of hydrogen-bond donors (Lipinski definition) is 1. The summed E-state index contributed by atoms with van der Waals surface area (Å²) in [4.78, 5) is 14.3. The van der Waals surface area contributed by atoms with Gasteiger partial charge < -0.3 is 10.2 Å². The average Bonchev–Trinajstić information content (AvgIpc) is 2.93. The Bertz CT molecular complexity index is 472. The van der Waals surface area contributed by atoms with E-state index in [-0.39, 0.29) is 11.9 Å². The molecule has 0 bridgehead atoms. The van der Waals surface area contributed by atoms with Crippen LogP contribution in [0.3, 0.4) is 0 Å². The van der Waals surface area contributed by atoms with Crippen molar-refractivity contribution in [3.63, 3.8) is 0 Å². The number of amides is 1. The van der Waals surface area contributed by atoms with E-state index in [0.717, 1.165) is 19.5 Å². The summed E-state index contributed by atoms with van der Waals surface area (Å²) in [6.07, 6.45) is 0.998. The smallest absolute Gasteiger partial charge is 0.254 e. The number of carbonyl (C=O) groups excluding carboxylic acids is 1. The maximum atomic E-state index is 12.4. The summed E-state index contributed by atoms with van der Waals surface area (Å²) < 4.78 is 0. The monoisotopic (exact) mass is 243 g/mol. The van der Waals surface area contributed by atoms with Gasteiger partial charge in [-0.25, -0.2) is 0 Å². The molecule has 1 heterocycles. The van der Waals surface area contributed by atoms with Gasteiger partial charge in [0.15, 0.2) is 0 Å². The van der Waals surface area contributed by atoms with E-state index in [4.69, 9.17) is 5.26 Å². The molecule has 0 aromatic heterocycles. The van der Waals surface area contributed by atoms with Gasteiger partial charge in [-0.1, -0.05) is 6.07 Å². The highest BCUT2D eigenvalue weighted by Gasteiger charge is 2.25. The Morgan fingerprint density at radius 2 is 2.44 bits per heavy atom. The fourth-order valence-electron chi connectivity index (χ4n) is 2.36. The van der Waals surface area contributed by atoms with Gasteiger partial charge in [-0.05, 0) is 38.1 Å². The first kappa shape index (κ1) is 12.6. The number of benzene rings is 1. The highest BCUT2D eigenvalue weighted by atomic mass is 16.2. The summed E-state index contributed by atoms with van der Waals surface area (Å²) in [6.45, 7) is 4.51. The van der Waals surface area contributed by atoms with Gasteiger partial charge in [-0.15, -0.1) is 0 Å². The minimum absolute atomic E-state index is 0.0169. The van der Waals surface area contributed by atoms with E-state index >= 15 is 0 Å². The second-order valence-electron chi connectivity index (χ2n) is 4.43. The molecule has 0 radical (unpaired) electrons. The predicted octanol–water partition coefficient (Wildman–Crippen LogP) is 1.38. The molecule has 18 heavy (non-hydrogen) atoms. The quantitative estimate of drug-likeness (QED) is 0.872. The molecule has 1 aromatic rings. The van der Waals surface area contributed by atoms with Crippen molar-refractivity contribution in [2.45, 2.75) is 19.4 Å². The summed E-state index contributed by atoms with van der Waals surface area (Å²) in [5.74, 6) is 0.0169. The highest BCUT2D eigenvalue weighted by molar-refractivity contribution is 5.94.